The van der Waals surface area contributed by atoms with Gasteiger partial charge in [-0.1, -0.05) is 24.3 Å². The first-order valence-corrected chi connectivity index (χ1v) is 5.82. The van der Waals surface area contributed by atoms with E-state index in [1.54, 1.807) is 0 Å². The van der Waals surface area contributed by atoms with Gasteiger partial charge in [-0.2, -0.15) is 0 Å². The highest BCUT2D eigenvalue weighted by Crippen LogP contribution is 2.28. The van der Waals surface area contributed by atoms with E-state index in [4.69, 9.17) is 5.73 Å². The molecule has 2 amide bonds. The molecule has 5 nitrogen and oxygen atoms in total. The third kappa shape index (κ3) is 2.45. The zero-order chi connectivity index (χ0) is 13.1. The number of ether oxygens (including phenoxy) is 1. The maximum absolute atomic E-state index is 11.4. The highest BCUT2D eigenvalue weighted by molar-refractivity contribution is 5.84. The minimum Gasteiger partial charge on any atom is -0.453 e. The molecule has 18 heavy (non-hydrogen) atoms. The second kappa shape index (κ2) is 5.08. The molecule has 1 aliphatic carbocycles. The molecule has 0 spiro atoms. The first kappa shape index (κ1) is 12.4. The van der Waals surface area contributed by atoms with E-state index in [1.807, 2.05) is 24.3 Å². The van der Waals surface area contributed by atoms with E-state index < -0.39 is 18.0 Å². The number of nitrogens with two attached hydrogens (primary N) is 1. The Hall–Kier alpha value is -2.04. The van der Waals surface area contributed by atoms with Crippen LogP contribution in [0.2, 0.25) is 0 Å². The first-order valence-electron chi connectivity index (χ1n) is 5.82. The predicted octanol–water partition coefficient (Wildman–Crippen LogP) is 0.611. The van der Waals surface area contributed by atoms with Crippen molar-refractivity contribution in [3.8, 4) is 0 Å². The second-order valence-electron chi connectivity index (χ2n) is 4.45. The summed E-state index contributed by atoms with van der Waals surface area (Å²) >= 11 is 0. The number of carbonyl (C=O) groups is 2. The van der Waals surface area contributed by atoms with Crippen molar-refractivity contribution in [1.29, 1.82) is 0 Å². The molecule has 0 bridgehead atoms. The van der Waals surface area contributed by atoms with Crippen molar-refractivity contribution < 1.29 is 14.3 Å². The highest BCUT2D eigenvalue weighted by atomic mass is 16.5. The predicted molar refractivity (Wildman–Crippen MR) is 65.9 cm³/mol. The van der Waals surface area contributed by atoms with Crippen molar-refractivity contribution in [2.24, 2.45) is 11.7 Å². The van der Waals surface area contributed by atoms with Gasteiger partial charge >= 0.3 is 6.09 Å². The molecule has 1 aromatic rings. The smallest absolute Gasteiger partial charge is 0.407 e. The van der Waals surface area contributed by atoms with Crippen molar-refractivity contribution in [3.05, 3.63) is 35.4 Å². The van der Waals surface area contributed by atoms with Gasteiger partial charge in [-0.05, 0) is 29.9 Å². The maximum atomic E-state index is 11.4. The van der Waals surface area contributed by atoms with Crippen LogP contribution in [0.15, 0.2) is 24.3 Å². The highest BCUT2D eigenvalue weighted by Gasteiger charge is 2.33. The second-order valence-corrected chi connectivity index (χ2v) is 4.45. The van der Waals surface area contributed by atoms with Crippen LogP contribution in [0.4, 0.5) is 4.79 Å². The largest absolute Gasteiger partial charge is 0.453 e. The third-order valence-electron chi connectivity index (χ3n) is 3.32. The SMILES string of the molecule is COC(=O)NC(C(N)=O)C1Cc2ccccc2C1. The molecule has 1 unspecified atom stereocenters. The topological polar surface area (TPSA) is 81.4 Å². The lowest BCUT2D eigenvalue weighted by Gasteiger charge is -2.20. The van der Waals surface area contributed by atoms with Gasteiger partial charge in [0.25, 0.3) is 0 Å². The molecular weight excluding hydrogens is 232 g/mol. The van der Waals surface area contributed by atoms with Gasteiger partial charge < -0.3 is 15.8 Å². The minimum absolute atomic E-state index is 0.000926. The van der Waals surface area contributed by atoms with Crippen LogP contribution in [0, 0.1) is 5.92 Å². The van der Waals surface area contributed by atoms with Gasteiger partial charge in [0.05, 0.1) is 7.11 Å². The number of hydrogen-bond donors (Lipinski definition) is 2. The number of nitrogens with one attached hydrogen (secondary N) is 1. The van der Waals surface area contributed by atoms with Crippen LogP contribution in [-0.2, 0) is 22.4 Å². The quantitative estimate of drug-likeness (QED) is 0.822. The molecule has 0 saturated carbocycles. The fraction of sp³-hybridized carbons (Fsp3) is 0.385. The summed E-state index contributed by atoms with van der Waals surface area (Å²) in [5.41, 5.74) is 7.76. The van der Waals surface area contributed by atoms with Crippen molar-refractivity contribution >= 4 is 12.0 Å². The lowest BCUT2D eigenvalue weighted by Crippen LogP contribution is -2.49. The van der Waals surface area contributed by atoms with Crippen molar-refractivity contribution in [3.63, 3.8) is 0 Å². The molecule has 1 aromatic carbocycles. The molecular formula is C13H16N2O3. The van der Waals surface area contributed by atoms with Crippen LogP contribution < -0.4 is 11.1 Å². The summed E-state index contributed by atoms with van der Waals surface area (Å²) in [7, 11) is 1.26. The number of benzene rings is 1. The molecule has 0 fully saturated rings. The Kier molecular flexibility index (Phi) is 3.50. The lowest BCUT2D eigenvalue weighted by atomic mass is 9.96. The van der Waals surface area contributed by atoms with E-state index in [1.165, 1.54) is 18.2 Å². The Morgan fingerprint density at radius 3 is 2.33 bits per heavy atom. The number of methoxy groups -OCH3 is 1. The van der Waals surface area contributed by atoms with Crippen LogP contribution >= 0.6 is 0 Å². The van der Waals surface area contributed by atoms with E-state index in [-0.39, 0.29) is 5.92 Å². The molecule has 5 heteroatoms. The van der Waals surface area contributed by atoms with Crippen molar-refractivity contribution in [2.45, 2.75) is 18.9 Å². The third-order valence-corrected chi connectivity index (χ3v) is 3.32. The average Bonchev–Trinajstić information content (AvgIpc) is 2.78. The number of hydrogen-bond acceptors (Lipinski definition) is 3. The number of rotatable bonds is 3. The Morgan fingerprint density at radius 2 is 1.89 bits per heavy atom. The molecule has 0 radical (unpaired) electrons. The molecule has 0 heterocycles. The monoisotopic (exact) mass is 248 g/mol. The van der Waals surface area contributed by atoms with Crippen LogP contribution in [0.3, 0.4) is 0 Å². The summed E-state index contributed by atoms with van der Waals surface area (Å²) in [4.78, 5) is 22.7. The summed E-state index contributed by atoms with van der Waals surface area (Å²) < 4.78 is 4.51. The number of fused-ring (bicyclic) bond motifs is 1. The number of carbonyl (C=O) groups excluding carboxylic acids is 2. The summed E-state index contributed by atoms with van der Waals surface area (Å²) in [6, 6.07) is 7.31. The average molecular weight is 248 g/mol. The van der Waals surface area contributed by atoms with Crippen LogP contribution in [0.5, 0.6) is 0 Å². The normalized spacial score (nSPS) is 15.8. The Morgan fingerprint density at radius 1 is 1.33 bits per heavy atom. The van der Waals surface area contributed by atoms with Gasteiger partial charge in [0.2, 0.25) is 5.91 Å². The Bertz CT molecular complexity index is 448. The van der Waals surface area contributed by atoms with E-state index in [0.717, 1.165) is 12.8 Å². The number of primary amides is 1. The molecule has 0 saturated heterocycles. The van der Waals surface area contributed by atoms with Crippen molar-refractivity contribution in [2.75, 3.05) is 7.11 Å². The van der Waals surface area contributed by atoms with E-state index >= 15 is 0 Å². The Labute approximate surface area is 105 Å². The van der Waals surface area contributed by atoms with Gasteiger partial charge in [0.15, 0.2) is 0 Å². The Balaban J connectivity index is 2.11. The van der Waals surface area contributed by atoms with Gasteiger partial charge in [0, 0.05) is 0 Å². The standard InChI is InChI=1S/C13H16N2O3/c1-18-13(17)15-11(12(14)16)10-6-8-4-2-3-5-9(8)7-10/h2-5,10-11H,6-7H2,1H3,(H2,14,16)(H,15,17). The van der Waals surface area contributed by atoms with Crippen LogP contribution in [0.25, 0.3) is 0 Å². The van der Waals surface area contributed by atoms with Gasteiger partial charge in [-0.15, -0.1) is 0 Å². The summed E-state index contributed by atoms with van der Waals surface area (Å²) in [5.74, 6) is -0.530. The van der Waals surface area contributed by atoms with E-state index in [9.17, 15) is 9.59 Å². The zero-order valence-corrected chi connectivity index (χ0v) is 10.2. The number of alkyl carbamates (subject to hydrolysis) is 1. The van der Waals surface area contributed by atoms with Crippen LogP contribution in [0.1, 0.15) is 11.1 Å². The lowest BCUT2D eigenvalue weighted by molar-refractivity contribution is -0.121. The van der Waals surface area contributed by atoms with Gasteiger partial charge in [-0.25, -0.2) is 4.79 Å². The van der Waals surface area contributed by atoms with Crippen LogP contribution in [-0.4, -0.2) is 25.2 Å². The fourth-order valence-corrected chi connectivity index (χ4v) is 2.44. The number of amides is 2. The summed E-state index contributed by atoms with van der Waals surface area (Å²) in [6.45, 7) is 0. The van der Waals surface area contributed by atoms with E-state index in [2.05, 4.69) is 10.1 Å². The first-order chi connectivity index (χ1) is 8.61. The van der Waals surface area contributed by atoms with E-state index in [0.29, 0.717) is 0 Å². The zero-order valence-electron chi connectivity index (χ0n) is 10.2. The molecule has 0 aromatic heterocycles. The molecule has 2 rings (SSSR count). The molecule has 1 atom stereocenters. The minimum atomic E-state index is -0.690. The van der Waals surface area contributed by atoms with Gasteiger partial charge in [0.1, 0.15) is 6.04 Å². The summed E-state index contributed by atoms with van der Waals surface area (Å²) in [6.07, 6.45) is 0.858. The molecule has 96 valence electrons. The molecule has 0 aliphatic heterocycles. The summed E-state index contributed by atoms with van der Waals surface area (Å²) in [5, 5.41) is 2.51. The van der Waals surface area contributed by atoms with Crippen molar-refractivity contribution in [1.82, 2.24) is 5.32 Å². The van der Waals surface area contributed by atoms with Gasteiger partial charge in [-0.3, -0.25) is 4.79 Å². The molecule has 3 N–H and O–H groups in total. The fourth-order valence-electron chi connectivity index (χ4n) is 2.44. The maximum Gasteiger partial charge on any atom is 0.407 e. The molecule has 1 aliphatic rings.